The van der Waals surface area contributed by atoms with Gasteiger partial charge in [0.05, 0.1) is 12.0 Å². The van der Waals surface area contributed by atoms with Crippen molar-refractivity contribution < 1.29 is 19.8 Å². The number of phenolic OH excluding ortho intramolecular Hbond substituents is 1. The van der Waals surface area contributed by atoms with Crippen LogP contribution < -0.4 is 5.32 Å². The van der Waals surface area contributed by atoms with E-state index in [1.54, 1.807) is 19.1 Å². The first-order valence-electron chi connectivity index (χ1n) is 5.45. The Hall–Kier alpha value is -1.31. The number of hydrogen-bond donors (Lipinski definition) is 3. The zero-order chi connectivity index (χ0) is 13.7. The van der Waals surface area contributed by atoms with Gasteiger partial charge in [0.1, 0.15) is 5.75 Å². The molecule has 1 aromatic rings. The molecule has 0 radical (unpaired) electrons. The maximum atomic E-state index is 11.9. The monoisotopic (exact) mass is 363 g/mol. The molecule has 0 bridgehead atoms. The SMILES string of the molecule is CCC(CC(=O)O)NC(=O)c1cc(I)ccc1O. The number of phenols is 1. The molecule has 0 aliphatic carbocycles. The molecule has 0 spiro atoms. The van der Waals surface area contributed by atoms with Gasteiger partial charge in [-0.15, -0.1) is 0 Å². The van der Waals surface area contributed by atoms with E-state index in [1.807, 2.05) is 22.6 Å². The molecule has 5 nitrogen and oxygen atoms in total. The predicted octanol–water partition coefficient (Wildman–Crippen LogP) is 1.98. The maximum absolute atomic E-state index is 11.9. The highest BCUT2D eigenvalue weighted by atomic mass is 127. The van der Waals surface area contributed by atoms with Gasteiger partial charge >= 0.3 is 5.97 Å². The maximum Gasteiger partial charge on any atom is 0.305 e. The van der Waals surface area contributed by atoms with Crippen molar-refractivity contribution in [2.45, 2.75) is 25.8 Å². The average molecular weight is 363 g/mol. The van der Waals surface area contributed by atoms with Crippen molar-refractivity contribution in [3.63, 3.8) is 0 Å². The number of nitrogens with one attached hydrogen (secondary N) is 1. The molecular weight excluding hydrogens is 349 g/mol. The Balaban J connectivity index is 2.80. The first-order chi connectivity index (χ1) is 8.43. The Bertz CT molecular complexity index is 461. The molecule has 0 fully saturated rings. The number of hydrogen-bond acceptors (Lipinski definition) is 3. The van der Waals surface area contributed by atoms with Crippen molar-refractivity contribution in [3.8, 4) is 5.75 Å². The number of benzene rings is 1. The molecule has 0 aliphatic heterocycles. The number of halogens is 1. The molecule has 98 valence electrons. The van der Waals surface area contributed by atoms with Crippen LogP contribution in [0.3, 0.4) is 0 Å². The molecule has 18 heavy (non-hydrogen) atoms. The standard InChI is InChI=1S/C12H14INO4/c1-2-8(6-11(16)17)14-12(18)9-5-7(13)3-4-10(9)15/h3-5,8,15H,2,6H2,1H3,(H,14,18)(H,16,17). The molecule has 0 aromatic heterocycles. The molecule has 0 saturated heterocycles. The third-order valence-corrected chi connectivity index (χ3v) is 3.12. The number of carbonyl (C=O) groups is 2. The molecule has 0 aliphatic rings. The largest absolute Gasteiger partial charge is 0.507 e. The van der Waals surface area contributed by atoms with Gasteiger partial charge in [-0.2, -0.15) is 0 Å². The summed E-state index contributed by atoms with van der Waals surface area (Å²) < 4.78 is 0.821. The van der Waals surface area contributed by atoms with Crippen LogP contribution in [0.5, 0.6) is 5.75 Å². The van der Waals surface area contributed by atoms with E-state index in [1.165, 1.54) is 6.07 Å². The number of rotatable bonds is 5. The smallest absolute Gasteiger partial charge is 0.305 e. The minimum absolute atomic E-state index is 0.113. The Morgan fingerprint density at radius 3 is 2.67 bits per heavy atom. The van der Waals surface area contributed by atoms with Gasteiger partial charge in [-0.05, 0) is 47.2 Å². The van der Waals surface area contributed by atoms with E-state index >= 15 is 0 Å². The first kappa shape index (κ1) is 14.7. The van der Waals surface area contributed by atoms with E-state index in [-0.39, 0.29) is 17.7 Å². The second-order valence-electron chi connectivity index (χ2n) is 3.84. The lowest BCUT2D eigenvalue weighted by molar-refractivity contribution is -0.137. The second-order valence-corrected chi connectivity index (χ2v) is 5.08. The van der Waals surface area contributed by atoms with Crippen LogP contribution in [0.25, 0.3) is 0 Å². The minimum Gasteiger partial charge on any atom is -0.507 e. The number of carboxylic acids is 1. The normalized spacial score (nSPS) is 11.9. The van der Waals surface area contributed by atoms with Gasteiger partial charge in [0.25, 0.3) is 5.91 Å². The van der Waals surface area contributed by atoms with Crippen LogP contribution in [-0.4, -0.2) is 28.1 Å². The molecule has 1 rings (SSSR count). The molecule has 1 amide bonds. The highest BCUT2D eigenvalue weighted by Crippen LogP contribution is 2.19. The van der Waals surface area contributed by atoms with Gasteiger partial charge in [-0.3, -0.25) is 9.59 Å². The van der Waals surface area contributed by atoms with Crippen LogP contribution in [0.1, 0.15) is 30.1 Å². The lowest BCUT2D eigenvalue weighted by atomic mass is 10.1. The number of carbonyl (C=O) groups excluding carboxylic acids is 1. The second kappa shape index (κ2) is 6.58. The van der Waals surface area contributed by atoms with E-state index in [0.29, 0.717) is 6.42 Å². The topological polar surface area (TPSA) is 86.6 Å². The van der Waals surface area contributed by atoms with Crippen LogP contribution in [-0.2, 0) is 4.79 Å². The Kier molecular flexibility index (Phi) is 5.39. The van der Waals surface area contributed by atoms with E-state index in [9.17, 15) is 14.7 Å². The van der Waals surface area contributed by atoms with E-state index in [4.69, 9.17) is 5.11 Å². The highest BCUT2D eigenvalue weighted by molar-refractivity contribution is 14.1. The van der Waals surface area contributed by atoms with Crippen LogP contribution in [0.2, 0.25) is 0 Å². The van der Waals surface area contributed by atoms with Crippen LogP contribution in [0.4, 0.5) is 0 Å². The number of aromatic hydroxyl groups is 1. The molecule has 1 aromatic carbocycles. The lowest BCUT2D eigenvalue weighted by Crippen LogP contribution is -2.36. The fourth-order valence-electron chi connectivity index (χ4n) is 1.46. The number of amides is 1. The van der Waals surface area contributed by atoms with Crippen LogP contribution >= 0.6 is 22.6 Å². The summed E-state index contributed by atoms with van der Waals surface area (Å²) >= 11 is 2.03. The van der Waals surface area contributed by atoms with Crippen LogP contribution in [0.15, 0.2) is 18.2 Å². The Morgan fingerprint density at radius 2 is 2.11 bits per heavy atom. The zero-order valence-electron chi connectivity index (χ0n) is 9.81. The summed E-state index contributed by atoms with van der Waals surface area (Å²) in [5, 5.41) is 20.9. The molecule has 0 saturated carbocycles. The highest BCUT2D eigenvalue weighted by Gasteiger charge is 2.17. The molecule has 0 heterocycles. The third-order valence-electron chi connectivity index (χ3n) is 2.45. The van der Waals surface area contributed by atoms with Crippen LogP contribution in [0, 0.1) is 3.57 Å². The van der Waals surface area contributed by atoms with Gasteiger partial charge in [0.2, 0.25) is 0 Å². The Labute approximate surface area is 118 Å². The van der Waals surface area contributed by atoms with Gasteiger partial charge in [-0.1, -0.05) is 6.92 Å². The molecule has 3 N–H and O–H groups in total. The lowest BCUT2D eigenvalue weighted by Gasteiger charge is -2.15. The van der Waals surface area contributed by atoms with Gasteiger partial charge in [-0.25, -0.2) is 0 Å². The Morgan fingerprint density at radius 1 is 1.44 bits per heavy atom. The van der Waals surface area contributed by atoms with Gasteiger partial charge < -0.3 is 15.5 Å². The minimum atomic E-state index is -0.964. The summed E-state index contributed by atoms with van der Waals surface area (Å²) in [5.41, 5.74) is 0.158. The quantitative estimate of drug-likeness (QED) is 0.699. The summed E-state index contributed by atoms with van der Waals surface area (Å²) in [5.74, 6) is -1.54. The van der Waals surface area contributed by atoms with Crippen molar-refractivity contribution in [2.75, 3.05) is 0 Å². The first-order valence-corrected chi connectivity index (χ1v) is 6.53. The summed E-state index contributed by atoms with van der Waals surface area (Å²) in [6, 6.07) is 4.24. The van der Waals surface area contributed by atoms with Gasteiger partial charge in [0, 0.05) is 9.61 Å². The number of carboxylic acid groups (broad SMARTS) is 1. The summed E-state index contributed by atoms with van der Waals surface area (Å²) in [6.07, 6.45) is 0.385. The van der Waals surface area contributed by atoms with Crippen molar-refractivity contribution >= 4 is 34.5 Å². The fourth-order valence-corrected chi connectivity index (χ4v) is 1.95. The van der Waals surface area contributed by atoms with Gasteiger partial charge in [0.15, 0.2) is 0 Å². The fraction of sp³-hybridized carbons (Fsp3) is 0.333. The molecule has 6 heteroatoms. The van der Waals surface area contributed by atoms with E-state index < -0.39 is 17.9 Å². The molecule has 1 atom stereocenters. The molecule has 1 unspecified atom stereocenters. The van der Waals surface area contributed by atoms with E-state index in [0.717, 1.165) is 3.57 Å². The predicted molar refractivity (Wildman–Crippen MR) is 74.6 cm³/mol. The zero-order valence-corrected chi connectivity index (χ0v) is 12.0. The summed E-state index contributed by atoms with van der Waals surface area (Å²) in [4.78, 5) is 22.5. The summed E-state index contributed by atoms with van der Waals surface area (Å²) in [6.45, 7) is 1.79. The van der Waals surface area contributed by atoms with E-state index in [2.05, 4.69) is 5.32 Å². The summed E-state index contributed by atoms with van der Waals surface area (Å²) in [7, 11) is 0. The molecular formula is C12H14INO4. The van der Waals surface area contributed by atoms with Crippen molar-refractivity contribution in [3.05, 3.63) is 27.3 Å². The van der Waals surface area contributed by atoms with Crippen molar-refractivity contribution in [2.24, 2.45) is 0 Å². The third kappa shape index (κ3) is 4.17. The number of aliphatic carboxylic acids is 1. The average Bonchev–Trinajstić information content (AvgIpc) is 2.30. The van der Waals surface area contributed by atoms with Crippen molar-refractivity contribution in [1.82, 2.24) is 5.32 Å². The van der Waals surface area contributed by atoms with Crippen molar-refractivity contribution in [1.29, 1.82) is 0 Å².